The van der Waals surface area contributed by atoms with E-state index in [0.717, 1.165) is 5.20 Å². The van der Waals surface area contributed by atoms with Crippen LogP contribution in [0, 0.1) is 11.3 Å². The quantitative estimate of drug-likeness (QED) is 0.481. The minimum Gasteiger partial charge on any atom is -0.198 e. The minimum atomic E-state index is -1.70. The number of nitriles is 1. The summed E-state index contributed by atoms with van der Waals surface area (Å²) in [5, 5.41) is 8.98. The zero-order chi connectivity index (χ0) is 7.28. The van der Waals surface area contributed by atoms with Crippen LogP contribution in [0.15, 0.2) is 11.8 Å². The van der Waals surface area contributed by atoms with Crippen LogP contribution in [-0.2, 0) is 0 Å². The van der Waals surface area contributed by atoms with Crippen molar-refractivity contribution in [2.24, 2.45) is 0 Å². The molecule has 0 aliphatic carbocycles. The molecule has 0 atom stereocenters. The molecule has 0 spiro atoms. The number of hydrogen-bond donors (Lipinski definition) is 0. The molecule has 0 unspecified atom stereocenters. The molecule has 0 radical (unpaired) electrons. The lowest BCUT2D eigenvalue weighted by molar-refractivity contribution is 1.04. The Morgan fingerprint density at radius 1 is 1.67 bits per heavy atom. The Morgan fingerprint density at radius 2 is 2.22 bits per heavy atom. The summed E-state index contributed by atoms with van der Waals surface area (Å²) in [6.07, 6.45) is 1.13. The van der Waals surface area contributed by atoms with Crippen molar-refractivity contribution in [3.05, 3.63) is 11.8 Å². The molecule has 0 aromatic heterocycles. The molecule has 0 amide bonds. The highest BCUT2D eigenvalue weighted by atomic mass is 35.7. The first-order valence-corrected chi connectivity index (χ1v) is 6.58. The van der Waals surface area contributed by atoms with Gasteiger partial charge in [-0.2, -0.15) is 5.26 Å². The van der Waals surface area contributed by atoms with Crippen LogP contribution < -0.4 is 0 Å². The topological polar surface area (TPSA) is 23.8 Å². The predicted octanol–water partition coefficient (Wildman–Crippen LogP) is 2.08. The molecule has 0 rings (SSSR count). The van der Waals surface area contributed by atoms with Gasteiger partial charge in [0, 0.05) is 6.42 Å². The van der Waals surface area contributed by atoms with Gasteiger partial charge in [0.15, 0.2) is 0 Å². The van der Waals surface area contributed by atoms with Crippen molar-refractivity contribution >= 4 is 29.6 Å². The van der Waals surface area contributed by atoms with E-state index in [1.165, 1.54) is 0 Å². The van der Waals surface area contributed by atoms with Crippen LogP contribution in [0.5, 0.6) is 0 Å². The van der Waals surface area contributed by atoms with E-state index in [0.29, 0.717) is 12.8 Å². The Labute approximate surface area is 65.9 Å². The first kappa shape index (κ1) is 9.03. The molecule has 4 heteroatoms. The van der Waals surface area contributed by atoms with Crippen molar-refractivity contribution in [3.8, 4) is 6.07 Å². The summed E-state index contributed by atoms with van der Waals surface area (Å²) in [4.78, 5) is 0. The van der Waals surface area contributed by atoms with Gasteiger partial charge in [-0.05, 0) is 6.42 Å². The number of hydrogen-bond acceptors (Lipinski definition) is 1. The second-order valence-electron chi connectivity index (χ2n) is 1.62. The van der Waals surface area contributed by atoms with Crippen molar-refractivity contribution in [2.75, 3.05) is 0 Å². The Kier molecular flexibility index (Phi) is 4.88. The molecule has 0 saturated carbocycles. The molecule has 0 saturated heterocycles. The number of allylic oxidation sites excluding steroid dienone is 1. The van der Waals surface area contributed by atoms with Crippen LogP contribution in [0.25, 0.3) is 0 Å². The number of rotatable bonds is 3. The molecule has 0 aromatic carbocycles. The van der Waals surface area contributed by atoms with E-state index in [9.17, 15) is 0 Å². The fourth-order valence-electron chi connectivity index (χ4n) is 0.326. The third-order valence-corrected chi connectivity index (χ3v) is 3.62. The van der Waals surface area contributed by atoms with Gasteiger partial charge < -0.3 is 0 Å². The molecule has 9 heavy (non-hydrogen) atoms. The standard InChI is InChI=1S/C5H7Cl2NSi/c1-5(9(6)7)3-2-4-8/h9H,1-3H2. The van der Waals surface area contributed by atoms with Gasteiger partial charge in [0.05, 0.1) is 6.07 Å². The van der Waals surface area contributed by atoms with Gasteiger partial charge in [-0.25, -0.2) is 0 Å². The Hall–Kier alpha value is 0.0269. The predicted molar refractivity (Wildman–Crippen MR) is 42.8 cm³/mol. The van der Waals surface area contributed by atoms with E-state index < -0.39 is 7.42 Å². The maximum Gasteiger partial charge on any atom is 0.262 e. The molecule has 0 heterocycles. The zero-order valence-corrected chi connectivity index (χ0v) is 7.57. The maximum atomic E-state index is 8.14. The van der Waals surface area contributed by atoms with E-state index in [1.54, 1.807) is 0 Å². The van der Waals surface area contributed by atoms with E-state index in [1.807, 2.05) is 6.07 Å². The fraction of sp³-hybridized carbons (Fsp3) is 0.400. The van der Waals surface area contributed by atoms with Gasteiger partial charge >= 0.3 is 0 Å². The second-order valence-corrected chi connectivity index (χ2v) is 6.32. The zero-order valence-electron chi connectivity index (χ0n) is 4.90. The minimum absolute atomic E-state index is 0.474. The largest absolute Gasteiger partial charge is 0.262 e. The van der Waals surface area contributed by atoms with E-state index in [2.05, 4.69) is 6.58 Å². The van der Waals surface area contributed by atoms with E-state index in [-0.39, 0.29) is 0 Å². The molecule has 0 N–H and O–H groups in total. The van der Waals surface area contributed by atoms with Gasteiger partial charge in [-0.1, -0.05) is 5.20 Å². The van der Waals surface area contributed by atoms with E-state index >= 15 is 0 Å². The van der Waals surface area contributed by atoms with Crippen molar-refractivity contribution in [2.45, 2.75) is 12.8 Å². The lowest BCUT2D eigenvalue weighted by Crippen LogP contribution is -1.96. The molecule has 0 aliphatic heterocycles. The van der Waals surface area contributed by atoms with Crippen LogP contribution in [0.2, 0.25) is 0 Å². The molecule has 0 aliphatic rings. The average Bonchev–Trinajstić information content (AvgIpc) is 1.82. The highest BCUT2D eigenvalue weighted by Gasteiger charge is 2.05. The van der Waals surface area contributed by atoms with Crippen LogP contribution in [0.3, 0.4) is 0 Å². The summed E-state index contributed by atoms with van der Waals surface area (Å²) in [5.74, 6) is 0. The Balaban J connectivity index is 3.42. The average molecular weight is 180 g/mol. The molecular formula is C5H7Cl2NSi. The molecule has 0 bridgehead atoms. The number of halogens is 2. The first-order chi connectivity index (χ1) is 4.18. The highest BCUT2D eigenvalue weighted by molar-refractivity contribution is 7.36. The smallest absolute Gasteiger partial charge is 0.198 e. The van der Waals surface area contributed by atoms with Crippen LogP contribution in [-0.4, -0.2) is 7.42 Å². The molecule has 0 fully saturated rings. The molecular weight excluding hydrogens is 173 g/mol. The Morgan fingerprint density at radius 3 is 2.56 bits per heavy atom. The van der Waals surface area contributed by atoms with Crippen molar-refractivity contribution < 1.29 is 0 Å². The Bertz CT molecular complexity index is 138. The summed E-state index contributed by atoms with van der Waals surface area (Å²) in [5.41, 5.74) is 0. The molecule has 50 valence electrons. The highest BCUT2D eigenvalue weighted by Crippen LogP contribution is 2.12. The SMILES string of the molecule is C=C(CCC#N)[SiH](Cl)Cl. The third kappa shape index (κ3) is 4.53. The van der Waals surface area contributed by atoms with Gasteiger partial charge in [-0.15, -0.1) is 28.7 Å². The fourth-order valence-corrected chi connectivity index (χ4v) is 1.34. The van der Waals surface area contributed by atoms with Crippen LogP contribution >= 0.6 is 22.2 Å². The summed E-state index contributed by atoms with van der Waals surface area (Å²) in [7, 11) is -1.70. The van der Waals surface area contributed by atoms with Gasteiger partial charge in [-0.3, -0.25) is 0 Å². The molecule has 1 nitrogen and oxygen atoms in total. The van der Waals surface area contributed by atoms with Gasteiger partial charge in [0.1, 0.15) is 0 Å². The number of nitrogens with zero attached hydrogens (tertiary/aromatic N) is 1. The van der Waals surface area contributed by atoms with Crippen molar-refractivity contribution in [1.29, 1.82) is 5.26 Å². The maximum absolute atomic E-state index is 8.14. The van der Waals surface area contributed by atoms with Gasteiger partial charge in [0.2, 0.25) is 0 Å². The first-order valence-electron chi connectivity index (χ1n) is 2.51. The van der Waals surface area contributed by atoms with Crippen molar-refractivity contribution in [3.63, 3.8) is 0 Å². The van der Waals surface area contributed by atoms with Crippen molar-refractivity contribution in [1.82, 2.24) is 0 Å². The monoisotopic (exact) mass is 179 g/mol. The van der Waals surface area contributed by atoms with E-state index in [4.69, 9.17) is 27.4 Å². The lowest BCUT2D eigenvalue weighted by Gasteiger charge is -1.98. The second kappa shape index (κ2) is 4.86. The summed E-state index contributed by atoms with van der Waals surface area (Å²) in [6, 6.07) is 2.00. The lowest BCUT2D eigenvalue weighted by atomic mass is 10.3. The van der Waals surface area contributed by atoms with Gasteiger partial charge in [0.25, 0.3) is 7.42 Å². The third-order valence-electron chi connectivity index (χ3n) is 0.867. The van der Waals surface area contributed by atoms with Crippen LogP contribution in [0.1, 0.15) is 12.8 Å². The summed E-state index contributed by atoms with van der Waals surface area (Å²) >= 11 is 11.1. The normalized spacial score (nSPS) is 9.11. The summed E-state index contributed by atoms with van der Waals surface area (Å²) < 4.78 is 0. The van der Waals surface area contributed by atoms with Crippen LogP contribution in [0.4, 0.5) is 0 Å². The molecule has 0 aromatic rings. The summed E-state index contributed by atoms with van der Waals surface area (Å²) in [6.45, 7) is 3.64.